The van der Waals surface area contributed by atoms with Gasteiger partial charge in [0.1, 0.15) is 23.1 Å². The zero-order chi connectivity index (χ0) is 23.8. The second kappa shape index (κ2) is 10.5. The Morgan fingerprint density at radius 3 is 2.24 bits per heavy atom. The van der Waals surface area contributed by atoms with E-state index >= 15 is 0 Å². The van der Waals surface area contributed by atoms with E-state index in [0.29, 0.717) is 28.0 Å². The number of sulfonamides is 1. The Labute approximate surface area is 193 Å². The van der Waals surface area contributed by atoms with E-state index in [1.807, 2.05) is 13.0 Å². The Morgan fingerprint density at radius 2 is 1.64 bits per heavy atom. The number of nitrogens with zero attached hydrogens (tertiary/aromatic N) is 2. The molecule has 3 aromatic carbocycles. The molecular weight excluding hydrogens is 440 g/mol. The monoisotopic (exact) mass is 462 g/mol. The Balaban J connectivity index is 2.15. The van der Waals surface area contributed by atoms with E-state index in [2.05, 4.69) is 0 Å². The maximum atomic E-state index is 13.5. The number of hydrogen-bond donors (Lipinski definition) is 0. The van der Waals surface area contributed by atoms with Gasteiger partial charge in [0, 0.05) is 5.56 Å². The molecule has 0 aliphatic carbocycles. The van der Waals surface area contributed by atoms with Crippen LogP contribution in [0.3, 0.4) is 0 Å². The third-order valence-electron chi connectivity index (χ3n) is 4.64. The molecule has 7 nitrogen and oxygen atoms in total. The Morgan fingerprint density at radius 1 is 1.00 bits per heavy atom. The SMILES string of the molecule is CCOc1ccc(N(C(=O)/C(C#N)=C/c2ccccc2OC)S(=O)(=O)c2ccccc2)cc1. The van der Waals surface area contributed by atoms with Crippen molar-refractivity contribution in [2.24, 2.45) is 0 Å². The number of carbonyl (C=O) groups excluding carboxylic acids is 1. The molecule has 0 unspecified atom stereocenters. The smallest absolute Gasteiger partial charge is 0.282 e. The van der Waals surface area contributed by atoms with Gasteiger partial charge in [-0.1, -0.05) is 36.4 Å². The van der Waals surface area contributed by atoms with Crippen molar-refractivity contribution in [2.75, 3.05) is 18.0 Å². The largest absolute Gasteiger partial charge is 0.496 e. The topological polar surface area (TPSA) is 96.7 Å². The van der Waals surface area contributed by atoms with E-state index in [-0.39, 0.29) is 16.2 Å². The molecule has 0 bridgehead atoms. The lowest BCUT2D eigenvalue weighted by Gasteiger charge is -2.22. The first-order valence-electron chi connectivity index (χ1n) is 10.0. The van der Waals surface area contributed by atoms with Gasteiger partial charge in [-0.3, -0.25) is 4.79 Å². The molecule has 1 amide bonds. The highest BCUT2D eigenvalue weighted by Gasteiger charge is 2.33. The van der Waals surface area contributed by atoms with Crippen LogP contribution in [0.25, 0.3) is 6.08 Å². The van der Waals surface area contributed by atoms with Crippen molar-refractivity contribution in [1.82, 2.24) is 0 Å². The van der Waals surface area contributed by atoms with Gasteiger partial charge in [-0.25, -0.2) is 8.42 Å². The minimum atomic E-state index is -4.32. The number of para-hydroxylation sites is 1. The fourth-order valence-corrected chi connectivity index (χ4v) is 4.53. The summed E-state index contributed by atoms with van der Waals surface area (Å²) in [6.07, 6.45) is 1.31. The maximum Gasteiger partial charge on any atom is 0.282 e. The van der Waals surface area contributed by atoms with E-state index in [0.717, 1.165) is 0 Å². The van der Waals surface area contributed by atoms with Crippen molar-refractivity contribution < 1.29 is 22.7 Å². The minimum Gasteiger partial charge on any atom is -0.496 e. The van der Waals surface area contributed by atoms with Crippen LogP contribution in [0.4, 0.5) is 5.69 Å². The lowest BCUT2D eigenvalue weighted by Crippen LogP contribution is -2.37. The summed E-state index contributed by atoms with van der Waals surface area (Å²) < 4.78 is 38.3. The number of methoxy groups -OCH3 is 1. The number of carbonyl (C=O) groups is 1. The van der Waals surface area contributed by atoms with Crippen molar-refractivity contribution in [1.29, 1.82) is 5.26 Å². The van der Waals surface area contributed by atoms with Crippen molar-refractivity contribution in [2.45, 2.75) is 11.8 Å². The van der Waals surface area contributed by atoms with Crippen LogP contribution >= 0.6 is 0 Å². The van der Waals surface area contributed by atoms with Gasteiger partial charge in [0.25, 0.3) is 15.9 Å². The average molecular weight is 463 g/mol. The minimum absolute atomic E-state index is 0.0773. The molecule has 0 heterocycles. The summed E-state index contributed by atoms with van der Waals surface area (Å²) in [6.45, 7) is 2.26. The third kappa shape index (κ3) is 5.22. The van der Waals surface area contributed by atoms with Gasteiger partial charge in [-0.15, -0.1) is 0 Å². The summed E-state index contributed by atoms with van der Waals surface area (Å²) in [6, 6.07) is 22.3. The van der Waals surface area contributed by atoms with Gasteiger partial charge in [0.05, 0.1) is 24.3 Å². The highest BCUT2D eigenvalue weighted by molar-refractivity contribution is 7.93. The molecule has 0 spiro atoms. The normalized spacial score (nSPS) is 11.4. The van der Waals surface area contributed by atoms with Crippen LogP contribution in [0.2, 0.25) is 0 Å². The molecule has 3 rings (SSSR count). The van der Waals surface area contributed by atoms with Crippen molar-refractivity contribution in [3.05, 3.63) is 90.0 Å². The van der Waals surface area contributed by atoms with Crippen molar-refractivity contribution in [3.63, 3.8) is 0 Å². The summed E-state index contributed by atoms with van der Waals surface area (Å²) in [5, 5.41) is 9.75. The Hall–Kier alpha value is -4.09. The summed E-state index contributed by atoms with van der Waals surface area (Å²) in [4.78, 5) is 13.4. The summed E-state index contributed by atoms with van der Waals surface area (Å²) >= 11 is 0. The number of amides is 1. The number of anilines is 1. The van der Waals surface area contributed by atoms with Gasteiger partial charge < -0.3 is 9.47 Å². The van der Waals surface area contributed by atoms with Gasteiger partial charge in [0.2, 0.25) is 0 Å². The zero-order valence-corrected chi connectivity index (χ0v) is 19.0. The molecule has 168 valence electrons. The van der Waals surface area contributed by atoms with Crippen LogP contribution in [-0.2, 0) is 14.8 Å². The first-order valence-corrected chi connectivity index (χ1v) is 11.5. The highest BCUT2D eigenvalue weighted by atomic mass is 32.2. The van der Waals surface area contributed by atoms with E-state index in [4.69, 9.17) is 9.47 Å². The number of nitriles is 1. The molecule has 0 N–H and O–H groups in total. The average Bonchev–Trinajstić information content (AvgIpc) is 2.84. The fraction of sp³-hybridized carbons (Fsp3) is 0.120. The van der Waals surface area contributed by atoms with Crippen LogP contribution in [0.5, 0.6) is 11.5 Å². The van der Waals surface area contributed by atoms with E-state index in [1.165, 1.54) is 37.5 Å². The molecule has 33 heavy (non-hydrogen) atoms. The number of benzene rings is 3. The van der Waals surface area contributed by atoms with Crippen LogP contribution in [0.15, 0.2) is 89.3 Å². The predicted molar refractivity (Wildman–Crippen MR) is 125 cm³/mol. The molecule has 0 saturated carbocycles. The first kappa shape index (κ1) is 23.6. The summed E-state index contributed by atoms with van der Waals surface area (Å²) in [5.74, 6) is -0.0242. The Kier molecular flexibility index (Phi) is 7.49. The van der Waals surface area contributed by atoms with Crippen LogP contribution < -0.4 is 13.8 Å². The molecule has 0 aliphatic heterocycles. The molecule has 0 aromatic heterocycles. The van der Waals surface area contributed by atoms with E-state index < -0.39 is 15.9 Å². The molecule has 0 atom stereocenters. The van der Waals surface area contributed by atoms with E-state index in [1.54, 1.807) is 54.6 Å². The number of ether oxygens (including phenoxy) is 2. The Bertz CT molecular complexity index is 1290. The standard InChI is InChI=1S/C25H22N2O5S/c1-3-32-22-15-13-21(14-16-22)27(33(29,30)23-10-5-4-6-11-23)25(28)20(18-26)17-19-9-7-8-12-24(19)31-2/h4-17H,3H2,1-2H3/b20-17+. The third-order valence-corrected chi connectivity index (χ3v) is 6.36. The molecule has 3 aromatic rings. The van der Waals surface area contributed by atoms with Crippen LogP contribution in [-0.4, -0.2) is 28.0 Å². The number of rotatable bonds is 8. The second-order valence-electron chi connectivity index (χ2n) is 6.73. The lowest BCUT2D eigenvalue weighted by molar-refractivity contribution is -0.113. The van der Waals surface area contributed by atoms with Gasteiger partial charge >= 0.3 is 0 Å². The molecule has 0 aliphatic rings. The quantitative estimate of drug-likeness (QED) is 0.363. The fourth-order valence-electron chi connectivity index (χ4n) is 3.10. The molecular formula is C25H22N2O5S. The maximum absolute atomic E-state index is 13.5. The van der Waals surface area contributed by atoms with Crippen LogP contribution in [0.1, 0.15) is 12.5 Å². The van der Waals surface area contributed by atoms with Gasteiger partial charge in [0.15, 0.2) is 0 Å². The zero-order valence-electron chi connectivity index (χ0n) is 18.1. The summed E-state index contributed by atoms with van der Waals surface area (Å²) in [7, 11) is -2.86. The van der Waals surface area contributed by atoms with Crippen molar-refractivity contribution >= 4 is 27.7 Å². The predicted octanol–water partition coefficient (Wildman–Crippen LogP) is 4.42. The molecule has 0 radical (unpaired) electrons. The molecule has 0 saturated heterocycles. The second-order valence-corrected chi connectivity index (χ2v) is 8.51. The van der Waals surface area contributed by atoms with Crippen LogP contribution in [0, 0.1) is 11.3 Å². The molecule has 0 fully saturated rings. The summed E-state index contributed by atoms with van der Waals surface area (Å²) in [5.41, 5.74) is 0.176. The number of hydrogen-bond acceptors (Lipinski definition) is 6. The highest BCUT2D eigenvalue weighted by Crippen LogP contribution is 2.29. The van der Waals surface area contributed by atoms with E-state index in [9.17, 15) is 18.5 Å². The lowest BCUT2D eigenvalue weighted by atomic mass is 10.1. The van der Waals surface area contributed by atoms with Gasteiger partial charge in [-0.2, -0.15) is 9.57 Å². The van der Waals surface area contributed by atoms with Crippen molar-refractivity contribution in [3.8, 4) is 17.6 Å². The molecule has 8 heteroatoms. The first-order chi connectivity index (χ1) is 15.9. The van der Waals surface area contributed by atoms with Gasteiger partial charge in [-0.05, 0) is 55.5 Å².